The van der Waals surface area contributed by atoms with Crippen LogP contribution >= 0.6 is 11.8 Å². The van der Waals surface area contributed by atoms with Gasteiger partial charge in [-0.15, -0.1) is 0 Å². The first-order valence-corrected chi connectivity index (χ1v) is 8.90. The third-order valence-corrected chi connectivity index (χ3v) is 4.67. The molecule has 21 heavy (non-hydrogen) atoms. The zero-order chi connectivity index (χ0) is 15.8. The standard InChI is InChI=1S/C14H27N3O3S/c1-4-11(2)16-6-8-17(9-7-16)14(20)15-12(13(18)19)5-10-21-3/h11-12H,4-10H2,1-3H3,(H,15,20)(H,18,19)/t11?,12-/m0/s1. The molecule has 0 bridgehead atoms. The number of urea groups is 1. The van der Waals surface area contributed by atoms with E-state index in [1.807, 2.05) is 6.26 Å². The fourth-order valence-electron chi connectivity index (χ4n) is 2.36. The van der Waals surface area contributed by atoms with Gasteiger partial charge in [0, 0.05) is 32.2 Å². The molecule has 0 spiro atoms. The average molecular weight is 317 g/mol. The number of nitrogens with zero attached hydrogens (tertiary/aromatic N) is 2. The van der Waals surface area contributed by atoms with E-state index in [1.165, 1.54) is 0 Å². The van der Waals surface area contributed by atoms with Crippen LogP contribution in [0, 0.1) is 0 Å². The van der Waals surface area contributed by atoms with Gasteiger partial charge < -0.3 is 15.3 Å². The minimum Gasteiger partial charge on any atom is -0.480 e. The van der Waals surface area contributed by atoms with Gasteiger partial charge in [0.25, 0.3) is 0 Å². The summed E-state index contributed by atoms with van der Waals surface area (Å²) in [7, 11) is 0. The number of hydrogen-bond donors (Lipinski definition) is 2. The normalized spacial score (nSPS) is 19.1. The Morgan fingerprint density at radius 2 is 1.90 bits per heavy atom. The molecule has 0 aromatic carbocycles. The predicted molar refractivity (Wildman–Crippen MR) is 85.9 cm³/mol. The lowest BCUT2D eigenvalue weighted by Crippen LogP contribution is -2.55. The number of carboxylic acids is 1. The minimum atomic E-state index is -0.962. The third-order valence-electron chi connectivity index (χ3n) is 4.02. The molecule has 0 saturated carbocycles. The average Bonchev–Trinajstić information content (AvgIpc) is 2.50. The summed E-state index contributed by atoms with van der Waals surface area (Å²) in [6.45, 7) is 7.37. The molecule has 1 heterocycles. The SMILES string of the molecule is CCC(C)N1CCN(C(=O)N[C@@H](CCSC)C(=O)O)CC1. The first kappa shape index (κ1) is 18.1. The summed E-state index contributed by atoms with van der Waals surface area (Å²) in [5.74, 6) is -0.241. The van der Waals surface area contributed by atoms with E-state index < -0.39 is 12.0 Å². The molecule has 7 heteroatoms. The highest BCUT2D eigenvalue weighted by Gasteiger charge is 2.26. The van der Waals surface area contributed by atoms with Crippen LogP contribution in [0.15, 0.2) is 0 Å². The third kappa shape index (κ3) is 5.74. The van der Waals surface area contributed by atoms with E-state index in [0.717, 1.165) is 25.3 Å². The van der Waals surface area contributed by atoms with Crippen molar-refractivity contribution in [1.82, 2.24) is 15.1 Å². The summed E-state index contributed by atoms with van der Waals surface area (Å²) in [4.78, 5) is 27.4. The van der Waals surface area contributed by atoms with Crippen molar-refractivity contribution in [3.63, 3.8) is 0 Å². The molecule has 1 aliphatic rings. The van der Waals surface area contributed by atoms with Gasteiger partial charge in [0.05, 0.1) is 0 Å². The monoisotopic (exact) mass is 317 g/mol. The first-order chi connectivity index (χ1) is 9.99. The maximum Gasteiger partial charge on any atom is 0.326 e. The van der Waals surface area contributed by atoms with Gasteiger partial charge >= 0.3 is 12.0 Å². The molecule has 122 valence electrons. The molecule has 1 saturated heterocycles. The Kier molecular flexibility index (Phi) is 7.88. The van der Waals surface area contributed by atoms with E-state index in [9.17, 15) is 9.59 Å². The Hall–Kier alpha value is -0.950. The molecule has 0 aromatic heterocycles. The molecule has 2 atom stereocenters. The van der Waals surface area contributed by atoms with Crippen molar-refractivity contribution >= 4 is 23.8 Å². The van der Waals surface area contributed by atoms with E-state index >= 15 is 0 Å². The molecule has 6 nitrogen and oxygen atoms in total. The van der Waals surface area contributed by atoms with Crippen LogP contribution in [0.5, 0.6) is 0 Å². The lowest BCUT2D eigenvalue weighted by molar-refractivity contribution is -0.139. The summed E-state index contributed by atoms with van der Waals surface area (Å²) in [5, 5.41) is 11.8. The Labute approximate surface area is 131 Å². The highest BCUT2D eigenvalue weighted by molar-refractivity contribution is 7.98. The Morgan fingerprint density at radius 1 is 1.29 bits per heavy atom. The second kappa shape index (κ2) is 9.15. The van der Waals surface area contributed by atoms with Crippen molar-refractivity contribution in [2.24, 2.45) is 0 Å². The lowest BCUT2D eigenvalue weighted by Gasteiger charge is -2.38. The maximum atomic E-state index is 12.1. The largest absolute Gasteiger partial charge is 0.480 e. The van der Waals surface area contributed by atoms with Gasteiger partial charge in [-0.25, -0.2) is 9.59 Å². The van der Waals surface area contributed by atoms with Gasteiger partial charge in [0.2, 0.25) is 0 Å². The van der Waals surface area contributed by atoms with Crippen LogP contribution in [0.2, 0.25) is 0 Å². The zero-order valence-electron chi connectivity index (χ0n) is 13.2. The van der Waals surface area contributed by atoms with Gasteiger partial charge in [0.15, 0.2) is 0 Å². The van der Waals surface area contributed by atoms with Crippen molar-refractivity contribution in [2.45, 2.75) is 38.8 Å². The summed E-state index contributed by atoms with van der Waals surface area (Å²) in [6.07, 6.45) is 3.48. The van der Waals surface area contributed by atoms with E-state index in [4.69, 9.17) is 5.11 Å². The Morgan fingerprint density at radius 3 is 2.38 bits per heavy atom. The number of thioether (sulfide) groups is 1. The number of carbonyl (C=O) groups excluding carboxylic acids is 1. The summed E-state index contributed by atoms with van der Waals surface area (Å²) in [5.41, 5.74) is 0. The molecular weight excluding hydrogens is 290 g/mol. The fraction of sp³-hybridized carbons (Fsp3) is 0.857. The number of amides is 2. The predicted octanol–water partition coefficient (Wildman–Crippen LogP) is 1.32. The Balaban J connectivity index is 2.43. The summed E-state index contributed by atoms with van der Waals surface area (Å²) < 4.78 is 0. The second-order valence-corrected chi connectivity index (χ2v) is 6.39. The Bertz CT molecular complexity index is 346. The smallest absolute Gasteiger partial charge is 0.326 e. The molecule has 0 aliphatic carbocycles. The van der Waals surface area contributed by atoms with E-state index in [-0.39, 0.29) is 6.03 Å². The molecule has 0 radical (unpaired) electrons. The van der Waals surface area contributed by atoms with Gasteiger partial charge in [-0.1, -0.05) is 6.92 Å². The number of nitrogens with one attached hydrogen (secondary N) is 1. The van der Waals surface area contributed by atoms with Crippen LogP contribution in [-0.4, -0.2) is 77.2 Å². The van der Waals surface area contributed by atoms with Crippen LogP contribution in [0.4, 0.5) is 4.79 Å². The molecule has 1 fully saturated rings. The quantitative estimate of drug-likeness (QED) is 0.741. The number of piperazine rings is 1. The van der Waals surface area contributed by atoms with Gasteiger partial charge in [-0.2, -0.15) is 11.8 Å². The molecule has 1 aliphatic heterocycles. The number of carbonyl (C=O) groups is 2. The molecule has 2 N–H and O–H groups in total. The van der Waals surface area contributed by atoms with Crippen LogP contribution < -0.4 is 5.32 Å². The van der Waals surface area contributed by atoms with Crippen molar-refractivity contribution in [3.05, 3.63) is 0 Å². The van der Waals surface area contributed by atoms with Gasteiger partial charge in [-0.3, -0.25) is 4.90 Å². The van der Waals surface area contributed by atoms with Crippen molar-refractivity contribution in [1.29, 1.82) is 0 Å². The molecule has 1 rings (SSSR count). The lowest BCUT2D eigenvalue weighted by atomic mass is 10.2. The van der Waals surface area contributed by atoms with E-state index in [2.05, 4.69) is 24.1 Å². The number of hydrogen-bond acceptors (Lipinski definition) is 4. The molecule has 0 aromatic rings. The van der Waals surface area contributed by atoms with Crippen molar-refractivity contribution in [3.8, 4) is 0 Å². The topological polar surface area (TPSA) is 72.9 Å². The number of rotatable bonds is 7. The summed E-state index contributed by atoms with van der Waals surface area (Å²) >= 11 is 1.58. The van der Waals surface area contributed by atoms with Crippen molar-refractivity contribution < 1.29 is 14.7 Å². The zero-order valence-corrected chi connectivity index (χ0v) is 14.0. The minimum absolute atomic E-state index is 0.257. The van der Waals surface area contributed by atoms with E-state index in [0.29, 0.717) is 25.6 Å². The molecular formula is C14H27N3O3S. The van der Waals surface area contributed by atoms with Crippen LogP contribution in [0.3, 0.4) is 0 Å². The van der Waals surface area contributed by atoms with Crippen molar-refractivity contribution in [2.75, 3.05) is 38.2 Å². The second-order valence-electron chi connectivity index (χ2n) is 5.40. The summed E-state index contributed by atoms with van der Waals surface area (Å²) in [6, 6.07) is -0.520. The number of aliphatic carboxylic acids is 1. The van der Waals surface area contributed by atoms with Gasteiger partial charge in [-0.05, 0) is 31.8 Å². The van der Waals surface area contributed by atoms with Crippen LogP contribution in [-0.2, 0) is 4.79 Å². The first-order valence-electron chi connectivity index (χ1n) is 7.50. The highest BCUT2D eigenvalue weighted by Crippen LogP contribution is 2.09. The van der Waals surface area contributed by atoms with E-state index in [1.54, 1.807) is 16.7 Å². The maximum absolute atomic E-state index is 12.1. The molecule has 1 unspecified atom stereocenters. The van der Waals surface area contributed by atoms with Crippen LogP contribution in [0.1, 0.15) is 26.7 Å². The number of carboxylic acid groups (broad SMARTS) is 1. The van der Waals surface area contributed by atoms with Crippen LogP contribution in [0.25, 0.3) is 0 Å². The fourth-order valence-corrected chi connectivity index (χ4v) is 2.83. The van der Waals surface area contributed by atoms with Gasteiger partial charge in [0.1, 0.15) is 6.04 Å². The molecule has 2 amide bonds. The highest BCUT2D eigenvalue weighted by atomic mass is 32.2.